The van der Waals surface area contributed by atoms with E-state index in [-0.39, 0.29) is 30.1 Å². The van der Waals surface area contributed by atoms with E-state index in [2.05, 4.69) is 5.32 Å². The SMILES string of the molecule is CN(Cc1ccccc1F)C(=O)c1cccc(NC(=O)C2CCCCC2)c1. The van der Waals surface area contributed by atoms with Gasteiger partial charge < -0.3 is 10.2 Å². The Labute approximate surface area is 159 Å². The topological polar surface area (TPSA) is 49.4 Å². The number of nitrogens with one attached hydrogen (secondary N) is 1. The molecule has 1 saturated carbocycles. The summed E-state index contributed by atoms with van der Waals surface area (Å²) in [6, 6.07) is 13.3. The Morgan fingerprint density at radius 3 is 2.56 bits per heavy atom. The van der Waals surface area contributed by atoms with Gasteiger partial charge in [-0.05, 0) is 37.1 Å². The molecule has 0 unspecified atom stereocenters. The summed E-state index contributed by atoms with van der Waals surface area (Å²) in [5.41, 5.74) is 1.56. The van der Waals surface area contributed by atoms with Crippen LogP contribution in [0.4, 0.5) is 10.1 Å². The smallest absolute Gasteiger partial charge is 0.253 e. The summed E-state index contributed by atoms with van der Waals surface area (Å²) in [4.78, 5) is 26.6. The second-order valence-electron chi connectivity index (χ2n) is 7.16. The Bertz CT molecular complexity index is 815. The Balaban J connectivity index is 1.66. The number of benzene rings is 2. The van der Waals surface area contributed by atoms with E-state index in [1.54, 1.807) is 49.5 Å². The lowest BCUT2D eigenvalue weighted by molar-refractivity contribution is -0.120. The fourth-order valence-corrected chi connectivity index (χ4v) is 3.51. The van der Waals surface area contributed by atoms with E-state index in [1.165, 1.54) is 17.4 Å². The summed E-state index contributed by atoms with van der Waals surface area (Å²) in [7, 11) is 1.64. The Hall–Kier alpha value is -2.69. The molecular weight excluding hydrogens is 343 g/mol. The zero-order chi connectivity index (χ0) is 19.2. The quantitative estimate of drug-likeness (QED) is 0.837. The third-order valence-corrected chi connectivity index (χ3v) is 5.07. The number of rotatable bonds is 5. The van der Waals surface area contributed by atoms with Crippen molar-refractivity contribution in [1.29, 1.82) is 0 Å². The molecule has 0 radical (unpaired) electrons. The average Bonchev–Trinajstić information content (AvgIpc) is 2.70. The lowest BCUT2D eigenvalue weighted by Gasteiger charge is -2.21. The Kier molecular flexibility index (Phi) is 6.22. The van der Waals surface area contributed by atoms with Gasteiger partial charge in [-0.15, -0.1) is 0 Å². The zero-order valence-electron chi connectivity index (χ0n) is 15.6. The Morgan fingerprint density at radius 1 is 1.07 bits per heavy atom. The van der Waals surface area contributed by atoms with E-state index >= 15 is 0 Å². The molecule has 2 aromatic carbocycles. The van der Waals surface area contributed by atoms with Crippen LogP contribution >= 0.6 is 0 Å². The van der Waals surface area contributed by atoms with Crippen LogP contribution in [0.15, 0.2) is 48.5 Å². The summed E-state index contributed by atoms with van der Waals surface area (Å²) in [5.74, 6) is -0.460. The first-order valence-electron chi connectivity index (χ1n) is 9.44. The predicted octanol–water partition coefficient (Wildman–Crippen LogP) is 4.62. The van der Waals surface area contributed by atoms with E-state index in [0.717, 1.165) is 25.7 Å². The second-order valence-corrected chi connectivity index (χ2v) is 7.16. The largest absolute Gasteiger partial charge is 0.337 e. The van der Waals surface area contributed by atoms with Gasteiger partial charge in [0.15, 0.2) is 0 Å². The summed E-state index contributed by atoms with van der Waals surface area (Å²) in [6.07, 6.45) is 5.24. The minimum Gasteiger partial charge on any atom is -0.337 e. The van der Waals surface area contributed by atoms with Crippen LogP contribution in [0.2, 0.25) is 0 Å². The molecule has 2 aromatic rings. The summed E-state index contributed by atoms with van der Waals surface area (Å²) in [6.45, 7) is 0.185. The highest BCUT2D eigenvalue weighted by Crippen LogP contribution is 2.25. The summed E-state index contributed by atoms with van der Waals surface area (Å²) < 4.78 is 13.8. The first-order valence-corrected chi connectivity index (χ1v) is 9.44. The van der Waals surface area contributed by atoms with Gasteiger partial charge >= 0.3 is 0 Å². The van der Waals surface area contributed by atoms with Gasteiger partial charge in [-0.2, -0.15) is 0 Å². The molecule has 0 aliphatic heterocycles. The molecule has 0 saturated heterocycles. The summed E-state index contributed by atoms with van der Waals surface area (Å²) in [5, 5.41) is 2.93. The standard InChI is InChI=1S/C22H25FN2O2/c1-25(15-18-10-5-6-13-20(18)23)22(27)17-11-7-12-19(14-17)24-21(26)16-8-3-2-4-9-16/h5-7,10-14,16H,2-4,8-9,15H2,1H3,(H,24,26). The van der Waals surface area contributed by atoms with Crippen molar-refractivity contribution in [2.75, 3.05) is 12.4 Å². The maximum Gasteiger partial charge on any atom is 0.253 e. The predicted molar refractivity (Wildman–Crippen MR) is 104 cm³/mol. The number of hydrogen-bond donors (Lipinski definition) is 1. The molecule has 0 heterocycles. The van der Waals surface area contributed by atoms with Gasteiger partial charge in [0.25, 0.3) is 5.91 Å². The molecule has 0 aromatic heterocycles. The molecule has 5 heteroatoms. The minimum absolute atomic E-state index is 0.0269. The van der Waals surface area contributed by atoms with Crippen LogP contribution in [-0.2, 0) is 11.3 Å². The van der Waals surface area contributed by atoms with Crippen molar-refractivity contribution in [1.82, 2.24) is 4.90 Å². The van der Waals surface area contributed by atoms with Crippen LogP contribution in [0.5, 0.6) is 0 Å². The van der Waals surface area contributed by atoms with Crippen molar-refractivity contribution >= 4 is 17.5 Å². The third-order valence-electron chi connectivity index (χ3n) is 5.07. The lowest BCUT2D eigenvalue weighted by atomic mass is 9.88. The molecule has 4 nitrogen and oxygen atoms in total. The molecule has 1 aliphatic rings. The van der Waals surface area contributed by atoms with E-state index < -0.39 is 0 Å². The molecule has 142 valence electrons. The Morgan fingerprint density at radius 2 is 1.81 bits per heavy atom. The van der Waals surface area contributed by atoms with Crippen LogP contribution in [0.1, 0.15) is 48.0 Å². The van der Waals surface area contributed by atoms with Crippen LogP contribution in [0.3, 0.4) is 0 Å². The normalized spacial score (nSPS) is 14.6. The van der Waals surface area contributed by atoms with Crippen LogP contribution in [-0.4, -0.2) is 23.8 Å². The van der Waals surface area contributed by atoms with E-state index in [4.69, 9.17) is 0 Å². The number of carbonyl (C=O) groups excluding carboxylic acids is 2. The van der Waals surface area contributed by atoms with E-state index in [0.29, 0.717) is 16.8 Å². The zero-order valence-corrected chi connectivity index (χ0v) is 15.6. The minimum atomic E-state index is -0.328. The summed E-state index contributed by atoms with van der Waals surface area (Å²) >= 11 is 0. The molecule has 2 amide bonds. The van der Waals surface area contributed by atoms with E-state index in [1.807, 2.05) is 0 Å². The van der Waals surface area contributed by atoms with Crippen LogP contribution < -0.4 is 5.32 Å². The fraction of sp³-hybridized carbons (Fsp3) is 0.364. The van der Waals surface area contributed by atoms with Gasteiger partial charge in [0, 0.05) is 36.3 Å². The number of carbonyl (C=O) groups is 2. The molecule has 3 rings (SSSR count). The van der Waals surface area contributed by atoms with Gasteiger partial charge in [0.1, 0.15) is 5.82 Å². The maximum absolute atomic E-state index is 13.8. The number of anilines is 1. The third kappa shape index (κ3) is 4.94. The highest BCUT2D eigenvalue weighted by atomic mass is 19.1. The number of amides is 2. The van der Waals surface area contributed by atoms with Crippen molar-refractivity contribution < 1.29 is 14.0 Å². The molecule has 0 atom stereocenters. The van der Waals surface area contributed by atoms with Gasteiger partial charge in [0.05, 0.1) is 0 Å². The maximum atomic E-state index is 13.8. The van der Waals surface area contributed by atoms with Crippen molar-refractivity contribution in [3.8, 4) is 0 Å². The van der Waals surface area contributed by atoms with Crippen molar-refractivity contribution in [3.63, 3.8) is 0 Å². The molecule has 0 bridgehead atoms. The average molecular weight is 368 g/mol. The van der Waals surface area contributed by atoms with Gasteiger partial charge in [-0.25, -0.2) is 4.39 Å². The number of hydrogen-bond acceptors (Lipinski definition) is 2. The number of nitrogens with zero attached hydrogens (tertiary/aromatic N) is 1. The molecule has 1 N–H and O–H groups in total. The molecular formula is C22H25FN2O2. The molecule has 1 aliphatic carbocycles. The highest BCUT2D eigenvalue weighted by molar-refractivity contribution is 5.97. The first kappa shape index (κ1) is 19.1. The molecule has 1 fully saturated rings. The lowest BCUT2D eigenvalue weighted by Crippen LogP contribution is -2.27. The molecule has 27 heavy (non-hydrogen) atoms. The first-order chi connectivity index (χ1) is 13.0. The van der Waals surface area contributed by atoms with E-state index in [9.17, 15) is 14.0 Å². The van der Waals surface area contributed by atoms with Crippen LogP contribution in [0.25, 0.3) is 0 Å². The van der Waals surface area contributed by atoms with Crippen molar-refractivity contribution in [2.24, 2.45) is 5.92 Å². The van der Waals surface area contributed by atoms with Gasteiger partial charge in [-0.1, -0.05) is 43.5 Å². The van der Waals surface area contributed by atoms with Gasteiger partial charge in [0.2, 0.25) is 5.91 Å². The monoisotopic (exact) mass is 368 g/mol. The van der Waals surface area contributed by atoms with Crippen molar-refractivity contribution in [3.05, 3.63) is 65.5 Å². The van der Waals surface area contributed by atoms with Crippen molar-refractivity contribution in [2.45, 2.75) is 38.6 Å². The highest BCUT2D eigenvalue weighted by Gasteiger charge is 2.21. The molecule has 0 spiro atoms. The fourth-order valence-electron chi connectivity index (χ4n) is 3.51. The van der Waals surface area contributed by atoms with Crippen LogP contribution in [0, 0.1) is 11.7 Å². The second kappa shape index (κ2) is 8.80. The van der Waals surface area contributed by atoms with Gasteiger partial charge in [-0.3, -0.25) is 9.59 Å². The number of halogens is 1.